The van der Waals surface area contributed by atoms with Crippen molar-refractivity contribution in [3.05, 3.63) is 24.3 Å². The molecule has 0 aliphatic rings. The maximum atomic E-state index is 5.56. The Morgan fingerprint density at radius 1 is 1.70 bits per heavy atom. The number of hydrogen-bond donors (Lipinski definition) is 1. The lowest BCUT2D eigenvalue weighted by molar-refractivity contribution is 0.719. The quantitative estimate of drug-likeness (QED) is 0.640. The number of nitrogens with two attached hydrogens (primary N) is 1. The maximum Gasteiger partial charge on any atom is 0.115 e. The Morgan fingerprint density at radius 2 is 2.50 bits per heavy atom. The second-order valence-corrected chi connectivity index (χ2v) is 2.38. The van der Waals surface area contributed by atoms with Crippen LogP contribution in [0.5, 0.6) is 0 Å². The highest BCUT2D eigenvalue weighted by Crippen LogP contribution is 1.94. The number of hydrogen-bond acceptors (Lipinski definition) is 3. The highest BCUT2D eigenvalue weighted by Gasteiger charge is 1.96. The van der Waals surface area contributed by atoms with Crippen molar-refractivity contribution in [3.8, 4) is 0 Å². The van der Waals surface area contributed by atoms with Gasteiger partial charge in [0.15, 0.2) is 0 Å². The molecule has 0 fully saturated rings. The van der Waals surface area contributed by atoms with Gasteiger partial charge in [0.1, 0.15) is 6.33 Å². The normalized spacial score (nSPS) is 13.0. The lowest BCUT2D eigenvalue weighted by atomic mass is 10.2. The first-order chi connectivity index (χ1) is 4.79. The standard InChI is InChI=1S/C7H11N3/c1-6(8)4-7-2-3-9-5-10-7/h2-3,5-6H,4,8H2,1H3/t6-/m0/s1. The molecule has 1 aromatic rings. The van der Waals surface area contributed by atoms with E-state index in [1.807, 2.05) is 13.0 Å². The average molecular weight is 137 g/mol. The van der Waals surface area contributed by atoms with E-state index >= 15 is 0 Å². The third kappa shape index (κ3) is 2.11. The lowest BCUT2D eigenvalue weighted by Gasteiger charge is -2.01. The SMILES string of the molecule is C[C@H](N)Cc1ccncn1. The van der Waals surface area contributed by atoms with Gasteiger partial charge in [0, 0.05) is 24.4 Å². The molecule has 0 saturated carbocycles. The highest BCUT2D eigenvalue weighted by atomic mass is 14.8. The summed E-state index contributed by atoms with van der Waals surface area (Å²) in [5.74, 6) is 0. The third-order valence-corrected chi connectivity index (χ3v) is 1.17. The topological polar surface area (TPSA) is 51.8 Å². The molecule has 1 rings (SSSR count). The van der Waals surface area contributed by atoms with Crippen LogP contribution in [-0.2, 0) is 6.42 Å². The molecule has 0 aromatic carbocycles. The van der Waals surface area contributed by atoms with Crippen molar-refractivity contribution in [1.29, 1.82) is 0 Å². The van der Waals surface area contributed by atoms with E-state index in [9.17, 15) is 0 Å². The molecular weight excluding hydrogens is 126 g/mol. The summed E-state index contributed by atoms with van der Waals surface area (Å²) in [4.78, 5) is 7.83. The van der Waals surface area contributed by atoms with Crippen LogP contribution in [0.3, 0.4) is 0 Å². The zero-order valence-electron chi connectivity index (χ0n) is 5.99. The molecule has 1 heterocycles. The van der Waals surface area contributed by atoms with Gasteiger partial charge in [-0.25, -0.2) is 9.97 Å². The Kier molecular flexibility index (Phi) is 2.34. The molecule has 54 valence electrons. The number of aromatic nitrogens is 2. The van der Waals surface area contributed by atoms with Gasteiger partial charge in [0.2, 0.25) is 0 Å². The second-order valence-electron chi connectivity index (χ2n) is 2.38. The first-order valence-electron chi connectivity index (χ1n) is 3.29. The van der Waals surface area contributed by atoms with Crippen molar-refractivity contribution in [2.24, 2.45) is 5.73 Å². The molecular formula is C7H11N3. The Labute approximate surface area is 60.3 Å². The van der Waals surface area contributed by atoms with E-state index in [0.717, 1.165) is 12.1 Å². The lowest BCUT2D eigenvalue weighted by Crippen LogP contribution is -2.18. The van der Waals surface area contributed by atoms with Crippen LogP contribution in [0, 0.1) is 0 Å². The van der Waals surface area contributed by atoms with Gasteiger partial charge < -0.3 is 5.73 Å². The molecule has 0 aliphatic carbocycles. The molecule has 3 nitrogen and oxygen atoms in total. The fourth-order valence-corrected chi connectivity index (χ4v) is 0.769. The Balaban J connectivity index is 2.59. The molecule has 0 amide bonds. The fraction of sp³-hybridized carbons (Fsp3) is 0.429. The monoisotopic (exact) mass is 137 g/mol. The molecule has 3 heteroatoms. The molecule has 2 N–H and O–H groups in total. The minimum absolute atomic E-state index is 0.176. The summed E-state index contributed by atoms with van der Waals surface area (Å²) in [6.45, 7) is 1.96. The molecule has 1 atom stereocenters. The van der Waals surface area contributed by atoms with Crippen LogP contribution in [0.4, 0.5) is 0 Å². The van der Waals surface area contributed by atoms with Gasteiger partial charge in [-0.15, -0.1) is 0 Å². The van der Waals surface area contributed by atoms with Crippen LogP contribution < -0.4 is 5.73 Å². The Morgan fingerprint density at radius 3 is 3.00 bits per heavy atom. The predicted octanol–water partition coefficient (Wildman–Crippen LogP) is 0.366. The second kappa shape index (κ2) is 3.27. The maximum absolute atomic E-state index is 5.56. The third-order valence-electron chi connectivity index (χ3n) is 1.17. The average Bonchev–Trinajstić information content (AvgIpc) is 1.88. The largest absolute Gasteiger partial charge is 0.328 e. The van der Waals surface area contributed by atoms with Crippen LogP contribution in [0.25, 0.3) is 0 Å². The van der Waals surface area contributed by atoms with Gasteiger partial charge in [-0.05, 0) is 13.0 Å². The zero-order chi connectivity index (χ0) is 7.40. The van der Waals surface area contributed by atoms with Crippen molar-refractivity contribution in [2.75, 3.05) is 0 Å². The smallest absolute Gasteiger partial charge is 0.115 e. The van der Waals surface area contributed by atoms with Crippen LogP contribution >= 0.6 is 0 Å². The predicted molar refractivity (Wildman–Crippen MR) is 39.4 cm³/mol. The summed E-state index contributed by atoms with van der Waals surface area (Å²) >= 11 is 0. The van der Waals surface area contributed by atoms with Crippen molar-refractivity contribution >= 4 is 0 Å². The molecule has 0 radical (unpaired) electrons. The van der Waals surface area contributed by atoms with Crippen LogP contribution in [0.2, 0.25) is 0 Å². The van der Waals surface area contributed by atoms with Gasteiger partial charge in [-0.1, -0.05) is 0 Å². The molecule has 0 aliphatic heterocycles. The summed E-state index contributed by atoms with van der Waals surface area (Å²) in [7, 11) is 0. The summed E-state index contributed by atoms with van der Waals surface area (Å²) in [5, 5.41) is 0. The molecule has 0 bridgehead atoms. The van der Waals surface area contributed by atoms with Gasteiger partial charge in [0.05, 0.1) is 0 Å². The van der Waals surface area contributed by atoms with E-state index < -0.39 is 0 Å². The number of rotatable bonds is 2. The summed E-state index contributed by atoms with van der Waals surface area (Å²) in [5.41, 5.74) is 6.57. The van der Waals surface area contributed by atoms with E-state index in [-0.39, 0.29) is 6.04 Å². The Bertz CT molecular complexity index is 183. The first kappa shape index (κ1) is 7.15. The van der Waals surface area contributed by atoms with E-state index in [1.165, 1.54) is 6.33 Å². The van der Waals surface area contributed by atoms with Crippen molar-refractivity contribution in [2.45, 2.75) is 19.4 Å². The van der Waals surface area contributed by atoms with Crippen molar-refractivity contribution in [3.63, 3.8) is 0 Å². The van der Waals surface area contributed by atoms with Crippen LogP contribution in [0.1, 0.15) is 12.6 Å². The molecule has 1 aromatic heterocycles. The minimum Gasteiger partial charge on any atom is -0.328 e. The molecule has 0 saturated heterocycles. The van der Waals surface area contributed by atoms with Gasteiger partial charge in [-0.3, -0.25) is 0 Å². The van der Waals surface area contributed by atoms with Crippen molar-refractivity contribution in [1.82, 2.24) is 9.97 Å². The zero-order valence-corrected chi connectivity index (χ0v) is 5.99. The van der Waals surface area contributed by atoms with Crippen LogP contribution in [0.15, 0.2) is 18.6 Å². The first-order valence-corrected chi connectivity index (χ1v) is 3.29. The van der Waals surface area contributed by atoms with Gasteiger partial charge in [0.25, 0.3) is 0 Å². The summed E-state index contributed by atoms with van der Waals surface area (Å²) < 4.78 is 0. The van der Waals surface area contributed by atoms with E-state index in [4.69, 9.17) is 5.73 Å². The summed E-state index contributed by atoms with van der Waals surface area (Å²) in [6.07, 6.45) is 4.09. The van der Waals surface area contributed by atoms with Crippen LogP contribution in [-0.4, -0.2) is 16.0 Å². The molecule has 0 unspecified atom stereocenters. The van der Waals surface area contributed by atoms with E-state index in [2.05, 4.69) is 9.97 Å². The number of nitrogens with zero attached hydrogens (tertiary/aromatic N) is 2. The summed E-state index contributed by atoms with van der Waals surface area (Å²) in [6, 6.07) is 2.05. The molecule has 0 spiro atoms. The minimum atomic E-state index is 0.176. The Hall–Kier alpha value is -0.960. The van der Waals surface area contributed by atoms with Gasteiger partial charge >= 0.3 is 0 Å². The van der Waals surface area contributed by atoms with E-state index in [0.29, 0.717) is 0 Å². The van der Waals surface area contributed by atoms with E-state index in [1.54, 1.807) is 6.20 Å². The fourth-order valence-electron chi connectivity index (χ4n) is 0.769. The van der Waals surface area contributed by atoms with Gasteiger partial charge in [-0.2, -0.15) is 0 Å². The molecule has 10 heavy (non-hydrogen) atoms. The highest BCUT2D eigenvalue weighted by molar-refractivity contribution is 4.99. The van der Waals surface area contributed by atoms with Crippen molar-refractivity contribution < 1.29 is 0 Å².